The molecule has 1 aromatic carbocycles. The topological polar surface area (TPSA) is 30.5 Å². The molecule has 3 heteroatoms. The van der Waals surface area contributed by atoms with E-state index >= 15 is 0 Å². The number of rotatable bonds is 1. The second-order valence-electron chi connectivity index (χ2n) is 4.14. The average molecular weight is 205 g/mol. The maximum absolute atomic E-state index is 5.83. The van der Waals surface area contributed by atoms with Gasteiger partial charge in [0.05, 0.1) is 19.8 Å². The summed E-state index contributed by atoms with van der Waals surface area (Å²) >= 11 is 0. The summed E-state index contributed by atoms with van der Waals surface area (Å²) in [6.07, 6.45) is 0.351. The third kappa shape index (κ3) is 1.34. The minimum absolute atomic E-state index is 0.351. The molecule has 3 rings (SSSR count). The number of benzene rings is 1. The van der Waals surface area contributed by atoms with Crippen LogP contribution in [0.15, 0.2) is 18.2 Å². The fraction of sp³-hybridized carbons (Fsp3) is 0.500. The Labute approximate surface area is 89.4 Å². The highest BCUT2D eigenvalue weighted by Gasteiger charge is 2.35. The van der Waals surface area contributed by atoms with Gasteiger partial charge in [0.2, 0.25) is 0 Å². The lowest BCUT2D eigenvalue weighted by atomic mass is 9.89. The Bertz CT molecular complexity index is 378. The van der Waals surface area contributed by atoms with Gasteiger partial charge in [-0.2, -0.15) is 0 Å². The van der Waals surface area contributed by atoms with E-state index < -0.39 is 0 Å². The molecule has 1 aromatic rings. The summed E-state index contributed by atoms with van der Waals surface area (Å²) in [5.74, 6) is 1.46. The highest BCUT2D eigenvalue weighted by molar-refractivity contribution is 5.44. The van der Waals surface area contributed by atoms with Crippen molar-refractivity contribution in [3.8, 4) is 5.75 Å². The molecule has 0 spiro atoms. The number of ether oxygens (including phenoxy) is 2. The standard InChI is InChI=1S/C12H15NO2/c1-14-11-4-2-3-8-9-5-13-6-12(9)15-7-10(8)11/h2-4,9,12-13H,5-7H2,1H3/t9-,12?/m0/s1. The first-order valence-electron chi connectivity index (χ1n) is 5.38. The molecule has 80 valence electrons. The van der Waals surface area contributed by atoms with Crippen molar-refractivity contribution in [2.24, 2.45) is 0 Å². The van der Waals surface area contributed by atoms with Crippen LogP contribution in [-0.2, 0) is 11.3 Å². The number of nitrogens with one attached hydrogen (secondary N) is 1. The molecule has 2 heterocycles. The molecular formula is C12H15NO2. The van der Waals surface area contributed by atoms with Gasteiger partial charge in [0.1, 0.15) is 5.75 Å². The minimum Gasteiger partial charge on any atom is -0.496 e. The summed E-state index contributed by atoms with van der Waals surface area (Å²) in [6, 6.07) is 6.27. The van der Waals surface area contributed by atoms with E-state index in [0.29, 0.717) is 18.6 Å². The maximum atomic E-state index is 5.83. The zero-order valence-electron chi connectivity index (χ0n) is 8.82. The SMILES string of the molecule is COc1cccc2c1COC1CNC[C@@H]21. The summed E-state index contributed by atoms with van der Waals surface area (Å²) in [5.41, 5.74) is 2.63. The largest absolute Gasteiger partial charge is 0.496 e. The molecule has 0 aliphatic carbocycles. The Hall–Kier alpha value is -1.06. The molecule has 0 amide bonds. The van der Waals surface area contributed by atoms with Crippen LogP contribution >= 0.6 is 0 Å². The normalized spacial score (nSPS) is 28.3. The van der Waals surface area contributed by atoms with Crippen LogP contribution in [0.2, 0.25) is 0 Å². The van der Waals surface area contributed by atoms with Crippen molar-refractivity contribution in [1.82, 2.24) is 5.32 Å². The Morgan fingerprint density at radius 2 is 2.33 bits per heavy atom. The van der Waals surface area contributed by atoms with Crippen molar-refractivity contribution in [2.75, 3.05) is 20.2 Å². The molecule has 2 aliphatic heterocycles. The molecular weight excluding hydrogens is 190 g/mol. The monoisotopic (exact) mass is 205 g/mol. The van der Waals surface area contributed by atoms with Crippen molar-refractivity contribution < 1.29 is 9.47 Å². The van der Waals surface area contributed by atoms with Crippen molar-refractivity contribution in [1.29, 1.82) is 0 Å². The van der Waals surface area contributed by atoms with E-state index in [-0.39, 0.29) is 0 Å². The van der Waals surface area contributed by atoms with E-state index in [1.54, 1.807) is 7.11 Å². The quantitative estimate of drug-likeness (QED) is 0.749. The lowest BCUT2D eigenvalue weighted by Crippen LogP contribution is -2.27. The van der Waals surface area contributed by atoms with Gasteiger partial charge in [-0.05, 0) is 11.6 Å². The molecule has 0 bridgehead atoms. The van der Waals surface area contributed by atoms with Gasteiger partial charge in [0, 0.05) is 24.6 Å². The van der Waals surface area contributed by atoms with Crippen LogP contribution in [0, 0.1) is 0 Å². The van der Waals surface area contributed by atoms with Crippen LogP contribution in [0.4, 0.5) is 0 Å². The van der Waals surface area contributed by atoms with Crippen molar-refractivity contribution in [2.45, 2.75) is 18.6 Å². The molecule has 15 heavy (non-hydrogen) atoms. The smallest absolute Gasteiger partial charge is 0.124 e. The van der Waals surface area contributed by atoms with Gasteiger partial charge in [0.15, 0.2) is 0 Å². The van der Waals surface area contributed by atoms with Gasteiger partial charge in [-0.3, -0.25) is 0 Å². The highest BCUT2D eigenvalue weighted by atomic mass is 16.5. The van der Waals surface area contributed by atoms with Gasteiger partial charge in [-0.25, -0.2) is 0 Å². The lowest BCUT2D eigenvalue weighted by Gasteiger charge is -2.28. The summed E-state index contributed by atoms with van der Waals surface area (Å²) in [4.78, 5) is 0. The second-order valence-corrected chi connectivity index (χ2v) is 4.14. The first-order chi connectivity index (χ1) is 7.40. The summed E-state index contributed by atoms with van der Waals surface area (Å²) in [6.45, 7) is 2.67. The molecule has 0 saturated carbocycles. The molecule has 3 nitrogen and oxygen atoms in total. The number of hydrogen-bond acceptors (Lipinski definition) is 3. The predicted molar refractivity (Wildman–Crippen MR) is 57.2 cm³/mol. The van der Waals surface area contributed by atoms with Crippen molar-refractivity contribution >= 4 is 0 Å². The van der Waals surface area contributed by atoms with Gasteiger partial charge < -0.3 is 14.8 Å². The van der Waals surface area contributed by atoms with Crippen LogP contribution < -0.4 is 10.1 Å². The van der Waals surface area contributed by atoms with Crippen LogP contribution in [0.3, 0.4) is 0 Å². The van der Waals surface area contributed by atoms with Crippen LogP contribution in [0.25, 0.3) is 0 Å². The van der Waals surface area contributed by atoms with Crippen LogP contribution in [0.5, 0.6) is 5.75 Å². The first kappa shape index (κ1) is 9.19. The van der Waals surface area contributed by atoms with Crippen molar-refractivity contribution in [3.63, 3.8) is 0 Å². The predicted octanol–water partition coefficient (Wildman–Crippen LogP) is 1.28. The number of fused-ring (bicyclic) bond motifs is 3. The zero-order chi connectivity index (χ0) is 10.3. The van der Waals surface area contributed by atoms with Gasteiger partial charge in [-0.1, -0.05) is 12.1 Å². The molecule has 2 aliphatic rings. The summed E-state index contributed by atoms with van der Waals surface area (Å²) in [7, 11) is 1.72. The summed E-state index contributed by atoms with van der Waals surface area (Å²) in [5, 5.41) is 3.38. The Morgan fingerprint density at radius 1 is 1.40 bits per heavy atom. The molecule has 1 N–H and O–H groups in total. The van der Waals surface area contributed by atoms with E-state index in [9.17, 15) is 0 Å². The zero-order valence-corrected chi connectivity index (χ0v) is 8.82. The fourth-order valence-electron chi connectivity index (χ4n) is 2.61. The Balaban J connectivity index is 2.07. The van der Waals surface area contributed by atoms with E-state index in [1.165, 1.54) is 11.1 Å². The fourth-order valence-corrected chi connectivity index (χ4v) is 2.61. The summed E-state index contributed by atoms with van der Waals surface area (Å²) < 4.78 is 11.2. The first-order valence-corrected chi connectivity index (χ1v) is 5.38. The number of methoxy groups -OCH3 is 1. The van der Waals surface area contributed by atoms with Crippen molar-refractivity contribution in [3.05, 3.63) is 29.3 Å². The molecule has 1 fully saturated rings. The molecule has 1 saturated heterocycles. The molecule has 0 aromatic heterocycles. The second kappa shape index (κ2) is 3.51. The van der Waals surface area contributed by atoms with Crippen LogP contribution in [0.1, 0.15) is 17.0 Å². The highest BCUT2D eigenvalue weighted by Crippen LogP contribution is 2.37. The number of hydrogen-bond donors (Lipinski definition) is 1. The Kier molecular flexibility index (Phi) is 2.15. The van der Waals surface area contributed by atoms with E-state index in [0.717, 1.165) is 18.8 Å². The van der Waals surface area contributed by atoms with Gasteiger partial charge in [0.25, 0.3) is 0 Å². The third-order valence-corrected chi connectivity index (χ3v) is 3.39. The minimum atomic E-state index is 0.351. The third-order valence-electron chi connectivity index (χ3n) is 3.39. The molecule has 0 radical (unpaired) electrons. The van der Waals surface area contributed by atoms with E-state index in [4.69, 9.17) is 9.47 Å². The average Bonchev–Trinajstić information content (AvgIpc) is 2.76. The van der Waals surface area contributed by atoms with E-state index in [2.05, 4.69) is 17.4 Å². The van der Waals surface area contributed by atoms with Crippen LogP contribution in [-0.4, -0.2) is 26.3 Å². The lowest BCUT2D eigenvalue weighted by molar-refractivity contribution is 0.0286. The maximum Gasteiger partial charge on any atom is 0.124 e. The van der Waals surface area contributed by atoms with Gasteiger partial charge in [-0.15, -0.1) is 0 Å². The molecule has 2 atom stereocenters. The molecule has 1 unspecified atom stereocenters. The Morgan fingerprint density at radius 3 is 3.20 bits per heavy atom. The van der Waals surface area contributed by atoms with Gasteiger partial charge >= 0.3 is 0 Å². The van der Waals surface area contributed by atoms with E-state index in [1.807, 2.05) is 6.07 Å².